The number of hydrogen-bond acceptors (Lipinski definition) is 2. The Morgan fingerprint density at radius 1 is 1.17 bits per heavy atom. The van der Waals surface area contributed by atoms with Gasteiger partial charge in [-0.25, -0.2) is 0 Å². The van der Waals surface area contributed by atoms with Gasteiger partial charge in [0.15, 0.2) is 0 Å². The molecule has 3 saturated heterocycles. The van der Waals surface area contributed by atoms with Crippen LogP contribution >= 0.6 is 0 Å². The molecule has 4 heterocycles. The summed E-state index contributed by atoms with van der Waals surface area (Å²) in [5.41, 5.74) is 1.89. The number of nitrogens with zero attached hydrogens (tertiary/aromatic N) is 2. The van der Waals surface area contributed by atoms with Gasteiger partial charge in [-0.3, -0.25) is 14.5 Å². The topological polar surface area (TPSA) is 40.6 Å². The van der Waals surface area contributed by atoms with Crippen LogP contribution in [-0.4, -0.2) is 28.9 Å². The molecule has 0 N–H and O–H groups in total. The Balaban J connectivity index is 1.85. The van der Waals surface area contributed by atoms with Crippen LogP contribution < -0.4 is 4.90 Å². The summed E-state index contributed by atoms with van der Waals surface area (Å²) in [4.78, 5) is 29.9. The highest BCUT2D eigenvalue weighted by Gasteiger charge is 2.73. The molecular formula is C19H22N2O2. The van der Waals surface area contributed by atoms with Crippen molar-refractivity contribution >= 4 is 17.5 Å². The second kappa shape index (κ2) is 4.16. The Morgan fingerprint density at radius 3 is 2.83 bits per heavy atom. The number of carbonyl (C=O) groups is 2. The van der Waals surface area contributed by atoms with E-state index in [1.165, 1.54) is 5.56 Å². The van der Waals surface area contributed by atoms with Crippen molar-refractivity contribution in [1.29, 1.82) is 0 Å². The van der Waals surface area contributed by atoms with Crippen molar-refractivity contribution in [1.82, 2.24) is 4.90 Å². The van der Waals surface area contributed by atoms with E-state index < -0.39 is 5.66 Å². The van der Waals surface area contributed by atoms with Crippen LogP contribution in [0.2, 0.25) is 0 Å². The lowest BCUT2D eigenvalue weighted by Crippen LogP contribution is -2.73. The number of anilines is 1. The van der Waals surface area contributed by atoms with Crippen LogP contribution in [0.5, 0.6) is 0 Å². The first-order valence-electron chi connectivity index (χ1n) is 8.88. The van der Waals surface area contributed by atoms with E-state index in [1.54, 1.807) is 0 Å². The lowest BCUT2D eigenvalue weighted by atomic mass is 9.59. The molecule has 4 nitrogen and oxygen atoms in total. The number of carbonyl (C=O) groups excluding carboxylic acids is 2. The minimum atomic E-state index is -0.421. The van der Waals surface area contributed by atoms with Gasteiger partial charge in [-0.05, 0) is 37.3 Å². The van der Waals surface area contributed by atoms with Gasteiger partial charge >= 0.3 is 0 Å². The van der Waals surface area contributed by atoms with E-state index >= 15 is 0 Å². The molecule has 1 aromatic carbocycles. The number of para-hydroxylation sites is 1. The summed E-state index contributed by atoms with van der Waals surface area (Å²) in [5, 5.41) is 0. The molecule has 0 bridgehead atoms. The Kier molecular flexibility index (Phi) is 2.46. The molecule has 0 aliphatic carbocycles. The Hall–Kier alpha value is -1.84. The van der Waals surface area contributed by atoms with E-state index in [0.29, 0.717) is 12.8 Å². The minimum Gasteiger partial charge on any atom is -0.318 e. The first kappa shape index (κ1) is 13.6. The molecule has 4 aliphatic heterocycles. The first-order chi connectivity index (χ1) is 11.2. The maximum absolute atomic E-state index is 13.0. The number of rotatable bonds is 1. The van der Waals surface area contributed by atoms with Gasteiger partial charge in [-0.15, -0.1) is 0 Å². The van der Waals surface area contributed by atoms with Crippen molar-refractivity contribution < 1.29 is 9.59 Å². The molecule has 0 saturated carbocycles. The molecule has 1 aromatic rings. The molecule has 3 atom stereocenters. The van der Waals surface area contributed by atoms with Crippen LogP contribution in [0.25, 0.3) is 0 Å². The fraction of sp³-hybridized carbons (Fsp3) is 0.579. The molecule has 1 unspecified atom stereocenters. The summed E-state index contributed by atoms with van der Waals surface area (Å²) >= 11 is 0. The number of fused-ring (bicyclic) bond motifs is 3. The van der Waals surface area contributed by atoms with Gasteiger partial charge in [0.25, 0.3) is 0 Å². The molecule has 120 valence electrons. The maximum Gasteiger partial charge on any atom is 0.228 e. The lowest BCUT2D eigenvalue weighted by molar-refractivity contribution is -0.150. The van der Waals surface area contributed by atoms with Crippen LogP contribution in [0, 0.1) is 5.41 Å². The van der Waals surface area contributed by atoms with E-state index in [1.807, 2.05) is 17.0 Å². The monoisotopic (exact) mass is 310 g/mol. The molecule has 4 aliphatic rings. The number of hydrogen-bond donors (Lipinski definition) is 0. The van der Waals surface area contributed by atoms with Crippen LogP contribution in [0.15, 0.2) is 24.3 Å². The number of piperidine rings is 2. The molecule has 23 heavy (non-hydrogen) atoms. The van der Waals surface area contributed by atoms with Gasteiger partial charge in [0.2, 0.25) is 11.8 Å². The predicted molar refractivity (Wildman–Crippen MR) is 86.9 cm³/mol. The molecule has 2 amide bonds. The smallest absolute Gasteiger partial charge is 0.228 e. The highest BCUT2D eigenvalue weighted by Crippen LogP contribution is 2.68. The Bertz CT molecular complexity index is 730. The van der Waals surface area contributed by atoms with Crippen molar-refractivity contribution in [2.75, 3.05) is 11.4 Å². The molecular weight excluding hydrogens is 288 g/mol. The molecule has 5 rings (SSSR count). The zero-order valence-corrected chi connectivity index (χ0v) is 13.5. The summed E-state index contributed by atoms with van der Waals surface area (Å²) in [6, 6.07) is 8.26. The molecule has 1 spiro atoms. The summed E-state index contributed by atoms with van der Waals surface area (Å²) in [6.07, 6.45) is 5.31. The van der Waals surface area contributed by atoms with E-state index in [2.05, 4.69) is 24.0 Å². The van der Waals surface area contributed by atoms with Gasteiger partial charge in [-0.2, -0.15) is 0 Å². The average Bonchev–Trinajstić information content (AvgIpc) is 3.02. The van der Waals surface area contributed by atoms with Crippen LogP contribution in [0.1, 0.15) is 56.9 Å². The average molecular weight is 310 g/mol. The first-order valence-corrected chi connectivity index (χ1v) is 8.88. The zero-order chi connectivity index (χ0) is 15.8. The summed E-state index contributed by atoms with van der Waals surface area (Å²) in [5.74, 6) is 0.586. The minimum absolute atomic E-state index is 0.0506. The van der Waals surface area contributed by atoms with Crippen molar-refractivity contribution in [2.24, 2.45) is 5.41 Å². The Morgan fingerprint density at radius 2 is 2.00 bits per heavy atom. The quantitative estimate of drug-likeness (QED) is 0.800. The summed E-state index contributed by atoms with van der Waals surface area (Å²) in [7, 11) is 0. The largest absolute Gasteiger partial charge is 0.318 e. The van der Waals surface area contributed by atoms with Crippen molar-refractivity contribution in [3.63, 3.8) is 0 Å². The normalized spacial score (nSPS) is 37.7. The van der Waals surface area contributed by atoms with E-state index in [-0.39, 0.29) is 23.1 Å². The maximum atomic E-state index is 13.0. The fourth-order valence-corrected chi connectivity index (χ4v) is 6.23. The van der Waals surface area contributed by atoms with Crippen molar-refractivity contribution in [3.8, 4) is 0 Å². The van der Waals surface area contributed by atoms with Crippen LogP contribution in [-0.2, 0) is 9.59 Å². The lowest BCUT2D eigenvalue weighted by Gasteiger charge is -2.62. The zero-order valence-electron chi connectivity index (χ0n) is 13.5. The van der Waals surface area contributed by atoms with Gasteiger partial charge in [0.05, 0.1) is 0 Å². The standard InChI is InChI=1S/C19H22N2O2/c1-2-18-9-5-11-20-17(23)12-14-13-6-3-4-7-15(13)21(19(14,18)20)16(22)8-10-18/h3-4,6-7,14H,2,5,8-12H2,1H3/t14-,18-,19?/m1/s1. The van der Waals surface area contributed by atoms with Gasteiger partial charge in [0, 0.05) is 36.4 Å². The third-order valence-electron chi connectivity index (χ3n) is 7.03. The van der Waals surface area contributed by atoms with E-state index in [0.717, 1.165) is 37.9 Å². The van der Waals surface area contributed by atoms with Gasteiger partial charge < -0.3 is 4.90 Å². The molecule has 3 fully saturated rings. The third-order valence-corrected chi connectivity index (χ3v) is 7.03. The third kappa shape index (κ3) is 1.28. The van der Waals surface area contributed by atoms with E-state index in [4.69, 9.17) is 0 Å². The second-order valence-electron chi connectivity index (χ2n) is 7.55. The highest BCUT2D eigenvalue weighted by atomic mass is 16.2. The van der Waals surface area contributed by atoms with Crippen molar-refractivity contribution in [3.05, 3.63) is 29.8 Å². The SMILES string of the molecule is CC[C@@]12CCCN3C(=O)C[C@@H]4c5ccccc5N(C(=O)CC1)C432. The molecule has 4 heteroatoms. The van der Waals surface area contributed by atoms with E-state index in [9.17, 15) is 9.59 Å². The molecule has 0 radical (unpaired) electrons. The van der Waals surface area contributed by atoms with Crippen molar-refractivity contribution in [2.45, 2.75) is 57.0 Å². The van der Waals surface area contributed by atoms with Crippen LogP contribution in [0.4, 0.5) is 5.69 Å². The predicted octanol–water partition coefficient (Wildman–Crippen LogP) is 3.03. The second-order valence-corrected chi connectivity index (χ2v) is 7.55. The van der Waals surface area contributed by atoms with Gasteiger partial charge in [0.1, 0.15) is 5.66 Å². The highest BCUT2D eigenvalue weighted by molar-refractivity contribution is 6.02. The van der Waals surface area contributed by atoms with Gasteiger partial charge in [-0.1, -0.05) is 25.1 Å². The number of benzene rings is 1. The van der Waals surface area contributed by atoms with Crippen LogP contribution in [0.3, 0.4) is 0 Å². The summed E-state index contributed by atoms with van der Waals surface area (Å²) in [6.45, 7) is 3.05. The fourth-order valence-electron chi connectivity index (χ4n) is 6.23. The molecule has 0 aromatic heterocycles. The number of amides is 2. The summed E-state index contributed by atoms with van der Waals surface area (Å²) < 4.78 is 0. The Labute approximate surface area is 136 Å².